The smallest absolute Gasteiger partial charge is 0.251 e. The summed E-state index contributed by atoms with van der Waals surface area (Å²) in [7, 11) is 0. The summed E-state index contributed by atoms with van der Waals surface area (Å²) in [5.41, 5.74) is 8.75. The van der Waals surface area contributed by atoms with E-state index in [1.54, 1.807) is 24.3 Å². The van der Waals surface area contributed by atoms with Crippen LogP contribution in [0.5, 0.6) is 0 Å². The number of nitrogens with two attached hydrogens (primary N) is 1. The van der Waals surface area contributed by atoms with Gasteiger partial charge in [-0.3, -0.25) is 15.0 Å². The number of benzene rings is 2. The number of amidine groups is 1. The van der Waals surface area contributed by atoms with Crippen molar-refractivity contribution in [1.29, 1.82) is 5.41 Å². The summed E-state index contributed by atoms with van der Waals surface area (Å²) in [6.45, 7) is 9.01. The van der Waals surface area contributed by atoms with Gasteiger partial charge in [0.1, 0.15) is 5.84 Å². The lowest BCUT2D eigenvalue weighted by Crippen LogP contribution is -2.40. The van der Waals surface area contributed by atoms with Crippen molar-refractivity contribution in [3.8, 4) is 0 Å². The fourth-order valence-electron chi connectivity index (χ4n) is 5.20. The molecular weight excluding hydrogens is 438 g/mol. The molecule has 0 bridgehead atoms. The lowest BCUT2D eigenvalue weighted by molar-refractivity contribution is -0.117. The number of hydrogen-bond donors (Lipinski definition) is 3. The molecule has 2 aromatic carbocycles. The molecule has 1 unspecified atom stereocenters. The second-order valence-electron chi connectivity index (χ2n) is 10.5. The molecule has 2 fully saturated rings. The van der Waals surface area contributed by atoms with Gasteiger partial charge in [-0.2, -0.15) is 0 Å². The average molecular weight is 476 g/mol. The number of piperidine rings is 1. The molecule has 2 aliphatic rings. The molecule has 0 aromatic heterocycles. The van der Waals surface area contributed by atoms with Gasteiger partial charge in [0.15, 0.2) is 0 Å². The van der Waals surface area contributed by atoms with Crippen LogP contribution in [0, 0.1) is 11.3 Å². The maximum atomic E-state index is 12.7. The molecule has 0 radical (unpaired) electrons. The van der Waals surface area contributed by atoms with Crippen LogP contribution in [0.25, 0.3) is 0 Å². The Balaban J connectivity index is 1.33. The van der Waals surface area contributed by atoms with Crippen molar-refractivity contribution in [1.82, 2.24) is 10.2 Å². The molecule has 7 nitrogen and oxygen atoms in total. The van der Waals surface area contributed by atoms with Gasteiger partial charge in [0, 0.05) is 54.2 Å². The van der Waals surface area contributed by atoms with Crippen molar-refractivity contribution >= 4 is 23.3 Å². The quantitative estimate of drug-likeness (QED) is 0.402. The summed E-state index contributed by atoms with van der Waals surface area (Å²) in [6, 6.07) is 15.1. The van der Waals surface area contributed by atoms with Gasteiger partial charge < -0.3 is 20.9 Å². The first-order valence-electron chi connectivity index (χ1n) is 12.6. The number of anilines is 1. The van der Waals surface area contributed by atoms with E-state index in [1.807, 2.05) is 4.90 Å². The van der Waals surface area contributed by atoms with E-state index in [2.05, 4.69) is 48.3 Å². The predicted octanol–water partition coefficient (Wildman–Crippen LogP) is 3.52. The molecule has 4 rings (SSSR count). The van der Waals surface area contributed by atoms with E-state index in [1.165, 1.54) is 37.9 Å². The second-order valence-corrected chi connectivity index (χ2v) is 10.5. The molecule has 4 N–H and O–H groups in total. The maximum Gasteiger partial charge on any atom is 0.251 e. The van der Waals surface area contributed by atoms with Crippen LogP contribution in [0.1, 0.15) is 61.0 Å². The summed E-state index contributed by atoms with van der Waals surface area (Å²) in [5, 5.41) is 10.5. The normalized spacial score (nSPS) is 19.1. The second kappa shape index (κ2) is 10.6. The third kappa shape index (κ3) is 6.09. The van der Waals surface area contributed by atoms with Gasteiger partial charge in [-0.1, -0.05) is 44.5 Å². The molecule has 2 amide bonds. The van der Waals surface area contributed by atoms with Crippen molar-refractivity contribution in [2.24, 2.45) is 11.7 Å². The van der Waals surface area contributed by atoms with E-state index in [4.69, 9.17) is 11.1 Å². The number of nitrogen functional groups attached to an aromatic ring is 1. The van der Waals surface area contributed by atoms with E-state index in [-0.39, 0.29) is 29.0 Å². The fourth-order valence-corrected chi connectivity index (χ4v) is 5.20. The molecule has 35 heavy (non-hydrogen) atoms. The summed E-state index contributed by atoms with van der Waals surface area (Å²) in [4.78, 5) is 29.7. The van der Waals surface area contributed by atoms with Crippen LogP contribution in [-0.4, -0.2) is 55.3 Å². The van der Waals surface area contributed by atoms with Crippen LogP contribution in [0.15, 0.2) is 48.5 Å². The monoisotopic (exact) mass is 475 g/mol. The van der Waals surface area contributed by atoms with Crippen molar-refractivity contribution in [3.05, 3.63) is 65.2 Å². The third-order valence-electron chi connectivity index (χ3n) is 7.22. The molecule has 2 aliphatic heterocycles. The molecular formula is C28H37N5O2. The van der Waals surface area contributed by atoms with E-state index in [0.29, 0.717) is 30.6 Å². The number of carbonyl (C=O) groups is 2. The molecule has 186 valence electrons. The highest BCUT2D eigenvalue weighted by molar-refractivity contribution is 6.00. The van der Waals surface area contributed by atoms with E-state index in [9.17, 15) is 9.59 Å². The zero-order valence-corrected chi connectivity index (χ0v) is 20.8. The third-order valence-corrected chi connectivity index (χ3v) is 7.22. The Morgan fingerprint density at radius 3 is 2.46 bits per heavy atom. The summed E-state index contributed by atoms with van der Waals surface area (Å²) in [6.07, 6.45) is 4.33. The minimum absolute atomic E-state index is 0.0530. The number of likely N-dealkylation sites (tertiary alicyclic amines) is 1. The highest BCUT2D eigenvalue weighted by atomic mass is 16.2. The number of carbonyl (C=O) groups excluding carboxylic acids is 2. The zero-order chi connectivity index (χ0) is 25.0. The summed E-state index contributed by atoms with van der Waals surface area (Å²) >= 11 is 0. The molecule has 7 heteroatoms. The topological polar surface area (TPSA) is 103 Å². The van der Waals surface area contributed by atoms with Crippen molar-refractivity contribution in [2.45, 2.75) is 44.9 Å². The Kier molecular flexibility index (Phi) is 7.55. The number of nitrogens with zero attached hydrogens (tertiary/aromatic N) is 2. The van der Waals surface area contributed by atoms with E-state index in [0.717, 1.165) is 12.2 Å². The number of rotatable bonds is 8. The van der Waals surface area contributed by atoms with Crippen LogP contribution in [0.3, 0.4) is 0 Å². The molecule has 2 heterocycles. The first-order valence-corrected chi connectivity index (χ1v) is 12.6. The van der Waals surface area contributed by atoms with Crippen molar-refractivity contribution in [2.75, 3.05) is 37.6 Å². The Morgan fingerprint density at radius 1 is 1.09 bits per heavy atom. The van der Waals surface area contributed by atoms with Gasteiger partial charge in [0.2, 0.25) is 5.91 Å². The lowest BCUT2D eigenvalue weighted by atomic mass is 9.83. The number of hydrogen-bond acceptors (Lipinski definition) is 4. The van der Waals surface area contributed by atoms with Gasteiger partial charge in [-0.15, -0.1) is 0 Å². The van der Waals surface area contributed by atoms with E-state index < -0.39 is 0 Å². The molecule has 0 aliphatic carbocycles. The van der Waals surface area contributed by atoms with Gasteiger partial charge in [0.05, 0.1) is 0 Å². The van der Waals surface area contributed by atoms with Gasteiger partial charge in [-0.05, 0) is 55.8 Å². The number of amides is 2. The van der Waals surface area contributed by atoms with Crippen LogP contribution >= 0.6 is 0 Å². The summed E-state index contributed by atoms with van der Waals surface area (Å²) < 4.78 is 0. The SMILES string of the molecule is CC(C)(CN1CCCCC1)c1ccc(N2CC(CNC(=O)c3cccc(C(=N)N)c3)CC2=O)cc1. The fraction of sp³-hybridized carbons (Fsp3) is 0.464. The lowest BCUT2D eigenvalue weighted by Gasteiger charge is -2.35. The minimum Gasteiger partial charge on any atom is -0.384 e. The molecule has 1 atom stereocenters. The zero-order valence-electron chi connectivity index (χ0n) is 20.8. The Labute approximate surface area is 208 Å². The van der Waals surface area contributed by atoms with Crippen LogP contribution in [0.2, 0.25) is 0 Å². The summed E-state index contributed by atoms with van der Waals surface area (Å²) in [5.74, 6) is -0.155. The number of nitrogens with one attached hydrogen (secondary N) is 2. The first-order chi connectivity index (χ1) is 16.7. The van der Waals surface area contributed by atoms with Gasteiger partial charge in [0.25, 0.3) is 5.91 Å². The molecule has 0 saturated carbocycles. The predicted molar refractivity (Wildman–Crippen MR) is 140 cm³/mol. The van der Waals surface area contributed by atoms with Gasteiger partial charge >= 0.3 is 0 Å². The van der Waals surface area contributed by atoms with Crippen LogP contribution in [0.4, 0.5) is 5.69 Å². The standard InChI is InChI=1S/C28H37N5O2/c1-28(2,19-32-13-4-3-5-14-32)23-9-11-24(12-10-23)33-18-20(15-25(33)34)17-31-27(35)22-8-6-7-21(16-22)26(29)30/h6-12,16,20H,3-5,13-15,17-19H2,1-2H3,(H3,29,30)(H,31,35). The van der Waals surface area contributed by atoms with Crippen molar-refractivity contribution in [3.63, 3.8) is 0 Å². The first kappa shape index (κ1) is 24.9. The minimum atomic E-state index is -0.223. The highest BCUT2D eigenvalue weighted by Gasteiger charge is 2.31. The highest BCUT2D eigenvalue weighted by Crippen LogP contribution is 2.30. The average Bonchev–Trinajstić information content (AvgIpc) is 3.23. The largest absolute Gasteiger partial charge is 0.384 e. The molecule has 2 saturated heterocycles. The van der Waals surface area contributed by atoms with E-state index >= 15 is 0 Å². The molecule has 0 spiro atoms. The Bertz CT molecular complexity index is 1070. The van der Waals surface area contributed by atoms with Crippen LogP contribution in [-0.2, 0) is 10.2 Å². The maximum absolute atomic E-state index is 12.7. The molecule has 2 aromatic rings. The Morgan fingerprint density at radius 2 is 1.77 bits per heavy atom. The van der Waals surface area contributed by atoms with Crippen molar-refractivity contribution < 1.29 is 9.59 Å². The van der Waals surface area contributed by atoms with Gasteiger partial charge in [-0.25, -0.2) is 0 Å². The Hall–Kier alpha value is -3.19. The van der Waals surface area contributed by atoms with Crippen LogP contribution < -0.4 is 16.0 Å².